The normalized spacial score (nSPS) is 29.9. The fraction of sp³-hybridized carbons (Fsp3) is 0.455. The Morgan fingerprint density at radius 2 is 2.06 bits per heavy atom. The third-order valence-electron chi connectivity index (χ3n) is 2.60. The summed E-state index contributed by atoms with van der Waals surface area (Å²) in [4.78, 5) is 23.4. The highest BCUT2D eigenvalue weighted by molar-refractivity contribution is 5.99. The van der Waals surface area contributed by atoms with Crippen LogP contribution in [0.4, 0.5) is 0 Å². The number of Topliss-reactive ketones (excluding diaryl/α,β-unsaturated/α-hetero) is 1. The molecular formula is C11H16N2O3. The van der Waals surface area contributed by atoms with Crippen LogP contribution in [-0.2, 0) is 14.3 Å². The molecular weight excluding hydrogens is 208 g/mol. The highest BCUT2D eigenvalue weighted by Gasteiger charge is 2.45. The molecule has 1 aliphatic carbocycles. The molecule has 2 unspecified atom stereocenters. The predicted molar refractivity (Wildman–Crippen MR) is 59.4 cm³/mol. The van der Waals surface area contributed by atoms with Crippen molar-refractivity contribution in [1.29, 1.82) is 0 Å². The zero-order valence-corrected chi connectivity index (χ0v) is 9.34. The molecule has 3 atom stereocenters. The first-order valence-electron chi connectivity index (χ1n) is 4.96. The molecule has 5 nitrogen and oxygen atoms in total. The van der Waals surface area contributed by atoms with Gasteiger partial charge in [0.1, 0.15) is 11.5 Å². The summed E-state index contributed by atoms with van der Waals surface area (Å²) in [5.74, 6) is -1.75. The molecule has 0 aromatic carbocycles. The van der Waals surface area contributed by atoms with E-state index < -0.39 is 23.5 Å². The molecule has 0 bridgehead atoms. The molecule has 0 saturated heterocycles. The van der Waals surface area contributed by atoms with Crippen molar-refractivity contribution < 1.29 is 14.3 Å². The quantitative estimate of drug-likeness (QED) is 0.631. The minimum atomic E-state index is -1.41. The highest BCUT2D eigenvalue weighted by atomic mass is 16.5. The average molecular weight is 224 g/mol. The summed E-state index contributed by atoms with van der Waals surface area (Å²) in [6.45, 7) is 1.54. The molecule has 0 aromatic heterocycles. The average Bonchev–Trinajstić information content (AvgIpc) is 2.27. The van der Waals surface area contributed by atoms with Crippen molar-refractivity contribution in [2.45, 2.75) is 18.5 Å². The van der Waals surface area contributed by atoms with Crippen molar-refractivity contribution in [2.24, 2.45) is 17.4 Å². The number of carbonyl (C=O) groups excluding carboxylic acids is 2. The smallest absolute Gasteiger partial charge is 0.315 e. The maximum atomic E-state index is 11.9. The van der Waals surface area contributed by atoms with E-state index in [1.54, 1.807) is 18.2 Å². The maximum absolute atomic E-state index is 11.9. The van der Waals surface area contributed by atoms with Gasteiger partial charge in [-0.05, 0) is 6.92 Å². The van der Waals surface area contributed by atoms with Gasteiger partial charge in [-0.2, -0.15) is 0 Å². The lowest BCUT2D eigenvalue weighted by atomic mass is 9.76. The van der Waals surface area contributed by atoms with Gasteiger partial charge in [-0.1, -0.05) is 24.3 Å². The Labute approximate surface area is 94.1 Å². The molecule has 0 aliphatic heterocycles. The molecule has 0 fully saturated rings. The Morgan fingerprint density at radius 1 is 1.44 bits per heavy atom. The monoisotopic (exact) mass is 224 g/mol. The van der Waals surface area contributed by atoms with Crippen LogP contribution in [0, 0.1) is 5.92 Å². The summed E-state index contributed by atoms with van der Waals surface area (Å²) in [6, 6.07) is -0.728. The van der Waals surface area contributed by atoms with Crippen molar-refractivity contribution in [1.82, 2.24) is 0 Å². The van der Waals surface area contributed by atoms with E-state index in [2.05, 4.69) is 4.74 Å². The van der Waals surface area contributed by atoms with E-state index in [0.717, 1.165) is 0 Å². The molecule has 0 heterocycles. The SMILES string of the molecule is COC(=O)C1C=CC=CC1(N)C(=O)[C@H](C)N. The molecule has 88 valence electrons. The molecule has 0 radical (unpaired) electrons. The number of ketones is 1. The van der Waals surface area contributed by atoms with Crippen LogP contribution < -0.4 is 11.5 Å². The zero-order chi connectivity index (χ0) is 12.3. The van der Waals surface area contributed by atoms with Gasteiger partial charge in [0.25, 0.3) is 0 Å². The van der Waals surface area contributed by atoms with Gasteiger partial charge in [0, 0.05) is 0 Å². The maximum Gasteiger partial charge on any atom is 0.315 e. The largest absolute Gasteiger partial charge is 0.468 e. The number of carbonyl (C=O) groups is 2. The minimum Gasteiger partial charge on any atom is -0.468 e. The highest BCUT2D eigenvalue weighted by Crippen LogP contribution is 2.25. The number of hydrogen-bond donors (Lipinski definition) is 2. The third-order valence-corrected chi connectivity index (χ3v) is 2.60. The van der Waals surface area contributed by atoms with E-state index in [1.165, 1.54) is 20.1 Å². The molecule has 1 rings (SSSR count). The second-order valence-corrected chi connectivity index (χ2v) is 3.83. The van der Waals surface area contributed by atoms with Crippen LogP contribution in [0.3, 0.4) is 0 Å². The molecule has 16 heavy (non-hydrogen) atoms. The van der Waals surface area contributed by atoms with Crippen molar-refractivity contribution in [3.8, 4) is 0 Å². The number of hydrogen-bond acceptors (Lipinski definition) is 5. The van der Waals surface area contributed by atoms with Crippen molar-refractivity contribution in [3.63, 3.8) is 0 Å². The van der Waals surface area contributed by atoms with E-state index in [0.29, 0.717) is 0 Å². The van der Waals surface area contributed by atoms with Gasteiger partial charge in [-0.15, -0.1) is 0 Å². The summed E-state index contributed by atoms with van der Waals surface area (Å²) in [7, 11) is 1.26. The Balaban J connectivity index is 3.08. The van der Waals surface area contributed by atoms with Crippen molar-refractivity contribution >= 4 is 11.8 Å². The van der Waals surface area contributed by atoms with Crippen LogP contribution in [0.1, 0.15) is 6.92 Å². The summed E-state index contributed by atoms with van der Waals surface area (Å²) in [5.41, 5.74) is 10.1. The van der Waals surface area contributed by atoms with Gasteiger partial charge < -0.3 is 16.2 Å². The number of methoxy groups -OCH3 is 1. The Bertz CT molecular complexity index is 360. The number of allylic oxidation sites excluding steroid dienone is 2. The topological polar surface area (TPSA) is 95.4 Å². The van der Waals surface area contributed by atoms with Crippen LogP contribution in [0.2, 0.25) is 0 Å². The van der Waals surface area contributed by atoms with Crippen LogP contribution in [-0.4, -0.2) is 30.4 Å². The summed E-state index contributed by atoms with van der Waals surface area (Å²) >= 11 is 0. The lowest BCUT2D eigenvalue weighted by Crippen LogP contribution is -2.59. The number of nitrogens with two attached hydrogens (primary N) is 2. The first kappa shape index (κ1) is 12.6. The number of rotatable bonds is 3. The summed E-state index contributed by atoms with van der Waals surface area (Å²) < 4.78 is 4.62. The molecule has 0 saturated carbocycles. The Hall–Kier alpha value is -1.46. The lowest BCUT2D eigenvalue weighted by Gasteiger charge is -2.32. The standard InChI is InChI=1S/C11H16N2O3/c1-7(12)9(14)11(13)6-4-3-5-8(11)10(15)16-2/h3-8H,12-13H2,1-2H3/t7-,8?,11?/m0/s1. The predicted octanol–water partition coefficient (Wildman–Crippen LogP) is -0.485. The minimum absolute atomic E-state index is 0.386. The van der Waals surface area contributed by atoms with Gasteiger partial charge in [-0.25, -0.2) is 0 Å². The van der Waals surface area contributed by atoms with Gasteiger partial charge in [0.05, 0.1) is 13.2 Å². The fourth-order valence-corrected chi connectivity index (χ4v) is 1.68. The zero-order valence-electron chi connectivity index (χ0n) is 9.34. The van der Waals surface area contributed by atoms with Gasteiger partial charge >= 0.3 is 5.97 Å². The first-order chi connectivity index (χ1) is 7.43. The van der Waals surface area contributed by atoms with E-state index in [4.69, 9.17) is 11.5 Å². The number of esters is 1. The molecule has 0 spiro atoms. The van der Waals surface area contributed by atoms with E-state index in [9.17, 15) is 9.59 Å². The van der Waals surface area contributed by atoms with E-state index in [1.807, 2.05) is 0 Å². The Morgan fingerprint density at radius 3 is 2.56 bits per heavy atom. The first-order valence-corrected chi connectivity index (χ1v) is 4.96. The van der Waals surface area contributed by atoms with Crippen molar-refractivity contribution in [3.05, 3.63) is 24.3 Å². The molecule has 4 N–H and O–H groups in total. The number of ether oxygens (including phenoxy) is 1. The van der Waals surface area contributed by atoms with Gasteiger partial charge in [-0.3, -0.25) is 9.59 Å². The molecule has 0 aromatic rings. The molecule has 0 amide bonds. The molecule has 5 heteroatoms. The van der Waals surface area contributed by atoms with Crippen LogP contribution >= 0.6 is 0 Å². The van der Waals surface area contributed by atoms with Gasteiger partial charge in [0.2, 0.25) is 0 Å². The summed E-state index contributed by atoms with van der Waals surface area (Å²) in [5, 5.41) is 0. The second kappa shape index (κ2) is 4.59. The van der Waals surface area contributed by atoms with E-state index >= 15 is 0 Å². The van der Waals surface area contributed by atoms with Crippen LogP contribution in [0.15, 0.2) is 24.3 Å². The Kier molecular flexibility index (Phi) is 3.62. The third kappa shape index (κ3) is 2.05. The molecule has 1 aliphatic rings. The van der Waals surface area contributed by atoms with Crippen LogP contribution in [0.25, 0.3) is 0 Å². The summed E-state index contributed by atoms with van der Waals surface area (Å²) in [6.07, 6.45) is 6.31. The van der Waals surface area contributed by atoms with Crippen molar-refractivity contribution in [2.75, 3.05) is 7.11 Å². The van der Waals surface area contributed by atoms with E-state index in [-0.39, 0.29) is 5.78 Å². The van der Waals surface area contributed by atoms with Crippen LogP contribution in [0.5, 0.6) is 0 Å². The second-order valence-electron chi connectivity index (χ2n) is 3.83. The van der Waals surface area contributed by atoms with Gasteiger partial charge in [0.15, 0.2) is 5.78 Å². The lowest BCUT2D eigenvalue weighted by molar-refractivity contribution is -0.147. The fourth-order valence-electron chi connectivity index (χ4n) is 1.68.